The Labute approximate surface area is 237 Å². The second-order valence-electron chi connectivity index (χ2n) is 8.47. The Morgan fingerprint density at radius 2 is 0.784 bits per heavy atom. The Bertz CT molecular complexity index is 1080. The first-order chi connectivity index (χ1) is 18.3. The predicted octanol–water partition coefficient (Wildman–Crippen LogP) is 7.20. The number of rotatable bonds is 7. The molecule has 191 valence electrons. The molecule has 5 rings (SSSR count). The molecule has 0 saturated heterocycles. The minimum atomic E-state index is -0.783. The van der Waals surface area contributed by atoms with E-state index in [9.17, 15) is 0 Å². The van der Waals surface area contributed by atoms with Crippen LogP contribution >= 0.6 is 26.0 Å². The molecule has 0 aliphatic rings. The minimum Gasteiger partial charge on any atom is -0.0620 e. The first-order valence-electron chi connectivity index (χ1n) is 12.3. The third kappa shape index (κ3) is 9.85. The van der Waals surface area contributed by atoms with Crippen LogP contribution < -0.4 is 21.2 Å². The number of aryl methyl sites for hydroxylation is 1. The molecule has 0 heterocycles. The van der Waals surface area contributed by atoms with Crippen molar-refractivity contribution in [1.82, 2.24) is 0 Å². The fourth-order valence-electron chi connectivity index (χ4n) is 4.20. The number of benzene rings is 5. The molecule has 0 radical (unpaired) electrons. The Kier molecular flexibility index (Phi) is 13.7. The molecule has 0 bridgehead atoms. The summed E-state index contributed by atoms with van der Waals surface area (Å²) in [6.45, 7) is 2.03. The SMILES string of the molecule is Cc1[c-]cccc1.[Cl][Ni].c1ccc([PH+](CC[PH+](c2ccccc2)c2ccccc2)c2ccccc2)cc1. The van der Waals surface area contributed by atoms with Crippen LogP contribution in [0.2, 0.25) is 0 Å². The van der Waals surface area contributed by atoms with E-state index in [1.165, 1.54) is 39.1 Å². The second kappa shape index (κ2) is 17.3. The van der Waals surface area contributed by atoms with Gasteiger partial charge in [0.05, 0.1) is 37.1 Å². The zero-order valence-corrected chi connectivity index (χ0v) is 24.7. The first kappa shape index (κ1) is 29.3. The summed E-state index contributed by atoms with van der Waals surface area (Å²) in [4.78, 5) is 0. The average molecular weight is 586 g/mol. The van der Waals surface area contributed by atoms with Crippen molar-refractivity contribution in [2.75, 3.05) is 12.3 Å². The second-order valence-corrected chi connectivity index (χ2v) is 13.7. The van der Waals surface area contributed by atoms with E-state index in [-0.39, 0.29) is 0 Å². The molecule has 0 amide bonds. The number of hydrogen-bond donors (Lipinski definition) is 0. The third-order valence-electron chi connectivity index (χ3n) is 5.98. The van der Waals surface area contributed by atoms with Crippen LogP contribution in [0.3, 0.4) is 0 Å². The van der Waals surface area contributed by atoms with Gasteiger partial charge in [-0.25, -0.2) is 0 Å². The van der Waals surface area contributed by atoms with Gasteiger partial charge in [-0.15, -0.1) is 0 Å². The van der Waals surface area contributed by atoms with Gasteiger partial charge in [0.2, 0.25) is 0 Å². The molecule has 0 aliphatic heterocycles. The van der Waals surface area contributed by atoms with Gasteiger partial charge >= 0.3 is 24.8 Å². The van der Waals surface area contributed by atoms with Gasteiger partial charge in [0.25, 0.3) is 0 Å². The smallest absolute Gasteiger partial charge is 0.0620 e. The van der Waals surface area contributed by atoms with Crippen LogP contribution in [0.15, 0.2) is 146 Å². The molecule has 0 N–H and O–H groups in total. The third-order valence-corrected chi connectivity index (χ3v) is 12.1. The Morgan fingerprint density at radius 1 is 0.486 bits per heavy atom. The Hall–Kier alpha value is -2.26. The summed E-state index contributed by atoms with van der Waals surface area (Å²) >= 11 is 3.35. The van der Waals surface area contributed by atoms with Crippen LogP contribution in [-0.4, -0.2) is 12.3 Å². The Morgan fingerprint density at radius 3 is 1.00 bits per heavy atom. The van der Waals surface area contributed by atoms with Crippen molar-refractivity contribution in [2.24, 2.45) is 0 Å². The molecular weight excluding hydrogens is 552 g/mol. The summed E-state index contributed by atoms with van der Waals surface area (Å²) in [6, 6.07) is 55.4. The van der Waals surface area contributed by atoms with E-state index < -0.39 is 15.8 Å². The van der Waals surface area contributed by atoms with Crippen molar-refractivity contribution in [3.05, 3.63) is 157 Å². The average Bonchev–Trinajstić information content (AvgIpc) is 2.99. The maximum absolute atomic E-state index is 4.26. The van der Waals surface area contributed by atoms with Crippen LogP contribution in [0.25, 0.3) is 0 Å². The molecule has 0 aliphatic carbocycles. The van der Waals surface area contributed by atoms with E-state index in [0.717, 1.165) is 0 Å². The van der Waals surface area contributed by atoms with Crippen molar-refractivity contribution < 1.29 is 14.6 Å². The largest absolute Gasteiger partial charge is 0.101 e. The fraction of sp³-hybridized carbons (Fsp3) is 0.0909. The van der Waals surface area contributed by atoms with Gasteiger partial charge in [-0.05, 0) is 48.5 Å². The van der Waals surface area contributed by atoms with Crippen LogP contribution in [0.1, 0.15) is 5.56 Å². The standard InChI is InChI=1S/C26H24P2.C7H7.ClH.Ni/c1-5-13-23(14-6-1)27(24-15-7-2-8-16-24)21-22-28(25-17-9-3-10-18-25)26-19-11-4-12-20-26;1-7-5-3-2-4-6-7;;/h1-20H,21-22H2;2-5H,1H3;1H;/q;-1;;+1/p+1. The molecule has 0 spiro atoms. The molecule has 0 saturated carbocycles. The van der Waals surface area contributed by atoms with Crippen molar-refractivity contribution in [1.29, 1.82) is 0 Å². The molecule has 0 aromatic heterocycles. The van der Waals surface area contributed by atoms with Crippen LogP contribution in [0.4, 0.5) is 0 Å². The van der Waals surface area contributed by atoms with Gasteiger partial charge in [-0.1, -0.05) is 79.7 Å². The molecular formula is C33H33ClNiP2+. The number of hydrogen-bond acceptors (Lipinski definition) is 0. The van der Waals surface area contributed by atoms with Crippen LogP contribution in [0.5, 0.6) is 0 Å². The molecule has 4 heteroatoms. The van der Waals surface area contributed by atoms with E-state index in [0.29, 0.717) is 0 Å². The maximum atomic E-state index is 4.26. The summed E-state index contributed by atoms with van der Waals surface area (Å²) < 4.78 is 0. The quantitative estimate of drug-likeness (QED) is 0.108. The summed E-state index contributed by atoms with van der Waals surface area (Å²) in [5, 5.41) is 6.06. The van der Waals surface area contributed by atoms with E-state index in [1.807, 2.05) is 31.2 Å². The van der Waals surface area contributed by atoms with Crippen molar-refractivity contribution >= 4 is 47.3 Å². The van der Waals surface area contributed by atoms with Crippen LogP contribution in [-0.2, 0) is 14.6 Å². The van der Waals surface area contributed by atoms with Crippen molar-refractivity contribution in [3.63, 3.8) is 0 Å². The first-order valence-corrected chi connectivity index (χ1v) is 17.1. The molecule has 5 aromatic rings. The summed E-state index contributed by atoms with van der Waals surface area (Å²) in [5.41, 5.74) is 1.20. The molecule has 0 atom stereocenters. The van der Waals surface area contributed by atoms with Gasteiger partial charge in [0.1, 0.15) is 12.3 Å². The van der Waals surface area contributed by atoms with Gasteiger partial charge in [-0.2, -0.15) is 35.9 Å². The van der Waals surface area contributed by atoms with E-state index >= 15 is 0 Å². The maximum Gasteiger partial charge on any atom is 0.101 e. The molecule has 0 unspecified atom stereocenters. The van der Waals surface area contributed by atoms with Crippen LogP contribution in [0, 0.1) is 13.0 Å². The molecule has 0 nitrogen and oxygen atoms in total. The summed E-state index contributed by atoms with van der Waals surface area (Å²) in [7, 11) is 2.70. The Balaban J connectivity index is 0.000000361. The van der Waals surface area contributed by atoms with Gasteiger partial charge in [-0.3, -0.25) is 0 Å². The van der Waals surface area contributed by atoms with Gasteiger partial charge in [0, 0.05) is 0 Å². The van der Waals surface area contributed by atoms with E-state index in [4.69, 9.17) is 0 Å². The molecule has 0 fully saturated rings. The predicted molar refractivity (Wildman–Crippen MR) is 167 cm³/mol. The fourth-order valence-corrected chi connectivity index (χ4v) is 10.4. The topological polar surface area (TPSA) is 0 Å². The zero-order chi connectivity index (χ0) is 26.1. The van der Waals surface area contributed by atoms with E-state index in [2.05, 4.69) is 152 Å². The zero-order valence-electron chi connectivity index (χ0n) is 21.0. The normalized spacial score (nSPS) is 10.2. The monoisotopic (exact) mass is 584 g/mol. The van der Waals surface area contributed by atoms with Crippen molar-refractivity contribution in [2.45, 2.75) is 6.92 Å². The molecule has 5 aromatic carbocycles. The van der Waals surface area contributed by atoms with Gasteiger partial charge in [0.15, 0.2) is 0 Å². The minimum absolute atomic E-state index is 0.783. The number of halogens is 1. The molecule has 37 heavy (non-hydrogen) atoms. The summed E-state index contributed by atoms with van der Waals surface area (Å²) in [5.74, 6) is 0. The van der Waals surface area contributed by atoms with E-state index in [1.54, 1.807) is 0 Å². The van der Waals surface area contributed by atoms with Gasteiger partial charge < -0.3 is 0 Å². The van der Waals surface area contributed by atoms with Crippen molar-refractivity contribution in [3.8, 4) is 0 Å². The summed E-state index contributed by atoms with van der Waals surface area (Å²) in [6.07, 6.45) is 2.52.